The summed E-state index contributed by atoms with van der Waals surface area (Å²) < 4.78 is 10.9. The second kappa shape index (κ2) is 51.6. The molecule has 0 bridgehead atoms. The van der Waals surface area contributed by atoms with Crippen LogP contribution >= 0.6 is 0 Å². The molecule has 2 unspecified atom stereocenters. The van der Waals surface area contributed by atoms with Crippen molar-refractivity contribution in [1.82, 2.24) is 4.57 Å². The van der Waals surface area contributed by atoms with Gasteiger partial charge in [0.25, 0.3) is 0 Å². The molecule has 1 aromatic rings. The number of aryl methyl sites for hydroxylation is 2. The first-order valence-corrected chi connectivity index (χ1v) is 32.1. The Hall–Kier alpha value is -1.32. The van der Waals surface area contributed by atoms with E-state index in [0.717, 1.165) is 57.0 Å². The number of ether oxygens (including phenoxy) is 1. The molecule has 69 heavy (non-hydrogen) atoms. The zero-order valence-corrected chi connectivity index (χ0v) is 48.3. The Labute approximate surface area is 434 Å². The molecule has 4 nitrogen and oxygen atoms in total. The number of rotatable bonds is 56. The first-order valence-electron chi connectivity index (χ1n) is 32.1. The zero-order valence-electron chi connectivity index (χ0n) is 48.3. The number of carbonyl (C=O) groups excluding carboxylic acids is 1. The van der Waals surface area contributed by atoms with E-state index in [9.17, 15) is 4.79 Å². The number of imidazole rings is 1. The molecular weight excluding hydrogens is 841 g/mol. The Morgan fingerprint density at radius 3 is 1.28 bits per heavy atom. The summed E-state index contributed by atoms with van der Waals surface area (Å²) in [7, 11) is 0. The molecule has 0 spiro atoms. The lowest BCUT2D eigenvalue weighted by Crippen LogP contribution is -2.30. The van der Waals surface area contributed by atoms with Crippen molar-refractivity contribution >= 4 is 5.97 Å². The minimum absolute atomic E-state index is 0.0516. The maximum atomic E-state index is 13.2. The molecule has 0 amide bonds. The molecule has 0 aliphatic rings. The van der Waals surface area contributed by atoms with E-state index in [4.69, 9.17) is 4.74 Å². The molecule has 1 aromatic heterocycles. The van der Waals surface area contributed by atoms with E-state index in [1.54, 1.807) is 0 Å². The summed E-state index contributed by atoms with van der Waals surface area (Å²) >= 11 is 0. The quantitative estimate of drug-likeness (QED) is 0.0370. The number of nitrogens with zero attached hydrogens (tertiary/aromatic N) is 2. The van der Waals surface area contributed by atoms with Crippen LogP contribution in [0.25, 0.3) is 0 Å². The van der Waals surface area contributed by atoms with E-state index in [1.807, 2.05) is 0 Å². The number of carbonyl (C=O) groups is 1. The van der Waals surface area contributed by atoms with Gasteiger partial charge in [-0.25, -0.2) is 9.13 Å². The molecule has 1 heterocycles. The van der Waals surface area contributed by atoms with Crippen molar-refractivity contribution in [2.24, 2.45) is 17.8 Å². The van der Waals surface area contributed by atoms with Gasteiger partial charge < -0.3 is 4.74 Å². The van der Waals surface area contributed by atoms with Gasteiger partial charge in [0.05, 0.1) is 13.1 Å². The summed E-state index contributed by atoms with van der Waals surface area (Å²) in [6.45, 7) is 16.1. The molecule has 0 aromatic carbocycles. The van der Waals surface area contributed by atoms with E-state index >= 15 is 0 Å². The summed E-state index contributed by atoms with van der Waals surface area (Å²) in [5.74, 6) is 2.44. The first kappa shape index (κ1) is 65.7. The summed E-state index contributed by atoms with van der Waals surface area (Å²) in [6, 6.07) is 0. The van der Waals surface area contributed by atoms with Crippen LogP contribution in [0.15, 0.2) is 18.7 Å². The average Bonchev–Trinajstić information content (AvgIpc) is 3.80. The number of hydrogen-bond donors (Lipinski definition) is 0. The smallest absolute Gasteiger partial charge is 0.306 e. The molecule has 0 saturated heterocycles. The molecule has 0 N–H and O–H groups in total. The third kappa shape index (κ3) is 46.2. The standard InChI is InChI=1S/C65H127N2O2/c1-7-10-13-15-17-19-21-23-25-27-29-31-33-35-37-40-49-63(50-41-38-36-34-32-30-28-26-24-22-20-18-16-14-11-8-2)51-43-44-52-64(55-54-62(6)48-46-47-61(4)5)69-65(68)53-42-39-45-57-67-59-58-66(60-67)56-12-9-3/h58-64H,7-57H2,1-6H3/q+1. The highest BCUT2D eigenvalue weighted by atomic mass is 16.5. The molecule has 0 fully saturated rings. The lowest BCUT2D eigenvalue weighted by atomic mass is 9.89. The molecule has 0 saturated carbocycles. The monoisotopic (exact) mass is 968 g/mol. The highest BCUT2D eigenvalue weighted by Gasteiger charge is 2.17. The highest BCUT2D eigenvalue weighted by molar-refractivity contribution is 5.69. The van der Waals surface area contributed by atoms with Crippen molar-refractivity contribution in [3.05, 3.63) is 18.7 Å². The van der Waals surface area contributed by atoms with Crippen molar-refractivity contribution in [3.8, 4) is 0 Å². The maximum Gasteiger partial charge on any atom is 0.306 e. The topological polar surface area (TPSA) is 35.1 Å². The molecule has 0 aliphatic heterocycles. The lowest BCUT2D eigenvalue weighted by Gasteiger charge is -2.21. The van der Waals surface area contributed by atoms with Gasteiger partial charge in [0.1, 0.15) is 18.5 Å². The van der Waals surface area contributed by atoms with Crippen LogP contribution in [0.5, 0.6) is 0 Å². The molecule has 2 atom stereocenters. The Kier molecular flexibility index (Phi) is 49.1. The number of hydrogen-bond acceptors (Lipinski definition) is 2. The first-order chi connectivity index (χ1) is 33.9. The highest BCUT2D eigenvalue weighted by Crippen LogP contribution is 2.27. The van der Waals surface area contributed by atoms with E-state index in [0.29, 0.717) is 12.3 Å². The van der Waals surface area contributed by atoms with E-state index in [-0.39, 0.29) is 12.1 Å². The van der Waals surface area contributed by atoms with Gasteiger partial charge in [0.2, 0.25) is 6.33 Å². The SMILES string of the molecule is CCCCCCCCCCCCCCCCCCC(CCCCCCCCCCCCCCCCCC)CCCCC(CCC(C)CCCC(C)C)OC(=O)CCCCC[n+]1ccn(CCCC)c1. The number of esters is 1. The van der Waals surface area contributed by atoms with Crippen molar-refractivity contribution in [2.45, 2.75) is 375 Å². The Balaban J connectivity index is 2.51. The molecule has 0 aliphatic carbocycles. The second-order valence-corrected chi connectivity index (χ2v) is 23.5. The Morgan fingerprint density at radius 2 is 0.826 bits per heavy atom. The van der Waals surface area contributed by atoms with Crippen molar-refractivity contribution in [3.63, 3.8) is 0 Å². The van der Waals surface area contributed by atoms with Crippen LogP contribution < -0.4 is 4.57 Å². The van der Waals surface area contributed by atoms with Gasteiger partial charge in [-0.3, -0.25) is 4.79 Å². The van der Waals surface area contributed by atoms with Gasteiger partial charge in [-0.2, -0.15) is 0 Å². The van der Waals surface area contributed by atoms with Gasteiger partial charge in [-0.05, 0) is 69.1 Å². The van der Waals surface area contributed by atoms with Crippen LogP contribution in [0, 0.1) is 17.8 Å². The molecule has 0 radical (unpaired) electrons. The predicted molar refractivity (Wildman–Crippen MR) is 305 cm³/mol. The summed E-state index contributed by atoms with van der Waals surface area (Å²) in [5.41, 5.74) is 0. The van der Waals surface area contributed by atoms with E-state index in [2.05, 4.69) is 69.4 Å². The summed E-state index contributed by atoms with van der Waals surface area (Å²) in [4.78, 5) is 13.2. The van der Waals surface area contributed by atoms with E-state index in [1.165, 1.54) is 276 Å². The summed E-state index contributed by atoms with van der Waals surface area (Å²) in [5, 5.41) is 0. The van der Waals surface area contributed by atoms with Crippen LogP contribution in [-0.4, -0.2) is 16.6 Å². The van der Waals surface area contributed by atoms with Crippen molar-refractivity contribution < 1.29 is 14.1 Å². The van der Waals surface area contributed by atoms with Crippen LogP contribution in [0.1, 0.15) is 356 Å². The Morgan fingerprint density at radius 1 is 0.420 bits per heavy atom. The van der Waals surface area contributed by atoms with Crippen LogP contribution in [-0.2, 0) is 22.6 Å². The van der Waals surface area contributed by atoms with Crippen LogP contribution in [0.4, 0.5) is 0 Å². The third-order valence-corrected chi connectivity index (χ3v) is 15.9. The van der Waals surface area contributed by atoms with Gasteiger partial charge in [0.15, 0.2) is 0 Å². The van der Waals surface area contributed by atoms with Crippen molar-refractivity contribution in [2.75, 3.05) is 0 Å². The largest absolute Gasteiger partial charge is 0.462 e. The number of aromatic nitrogens is 2. The van der Waals surface area contributed by atoms with Gasteiger partial charge in [0, 0.05) is 6.42 Å². The molecule has 1 rings (SSSR count). The maximum absolute atomic E-state index is 13.2. The fraction of sp³-hybridized carbons (Fsp3) is 0.938. The van der Waals surface area contributed by atoms with Crippen LogP contribution in [0.3, 0.4) is 0 Å². The van der Waals surface area contributed by atoms with Gasteiger partial charge >= 0.3 is 5.97 Å². The third-order valence-electron chi connectivity index (χ3n) is 15.9. The lowest BCUT2D eigenvalue weighted by molar-refractivity contribution is -0.696. The average molecular weight is 969 g/mol. The minimum Gasteiger partial charge on any atom is -0.462 e. The minimum atomic E-state index is 0.0516. The van der Waals surface area contributed by atoms with E-state index < -0.39 is 0 Å². The van der Waals surface area contributed by atoms with Crippen molar-refractivity contribution in [1.29, 1.82) is 0 Å². The molecular formula is C65H127N2O2+. The second-order valence-electron chi connectivity index (χ2n) is 23.5. The van der Waals surface area contributed by atoms with Crippen LogP contribution in [0.2, 0.25) is 0 Å². The molecule has 4 heteroatoms. The normalized spacial score (nSPS) is 12.8. The fourth-order valence-electron chi connectivity index (χ4n) is 11.0. The number of unbranched alkanes of at least 4 members (excludes halogenated alkanes) is 34. The van der Waals surface area contributed by atoms with Gasteiger partial charge in [-0.15, -0.1) is 0 Å². The zero-order chi connectivity index (χ0) is 49.9. The van der Waals surface area contributed by atoms with Gasteiger partial charge in [-0.1, -0.05) is 298 Å². The Bertz CT molecular complexity index is 1120. The molecule has 408 valence electrons. The fourth-order valence-corrected chi connectivity index (χ4v) is 11.0. The summed E-state index contributed by atoms with van der Waals surface area (Å²) in [6.07, 6.45) is 73.2. The predicted octanol–water partition coefficient (Wildman–Crippen LogP) is 21.8.